The molecule has 1 aliphatic rings. The molecule has 0 spiro atoms. The molecule has 1 saturated heterocycles. The fourth-order valence-corrected chi connectivity index (χ4v) is 4.86. The molecule has 168 valence electrons. The van der Waals surface area contributed by atoms with Crippen LogP contribution < -0.4 is 4.74 Å². The van der Waals surface area contributed by atoms with Crippen LogP contribution in [0.25, 0.3) is 6.08 Å². The average Bonchev–Trinajstić information content (AvgIpc) is 2.97. The highest BCUT2D eigenvalue weighted by atomic mass is 79.9. The van der Waals surface area contributed by atoms with Gasteiger partial charge in [0.1, 0.15) is 13.2 Å². The Bertz CT molecular complexity index is 1100. The molecule has 11 heteroatoms. The lowest BCUT2D eigenvalue weighted by Gasteiger charge is -2.12. The molecule has 0 unspecified atom stereocenters. The summed E-state index contributed by atoms with van der Waals surface area (Å²) in [4.78, 5) is 37.3. The van der Waals surface area contributed by atoms with E-state index in [-0.39, 0.29) is 18.1 Å². The largest absolute Gasteiger partial charge is 0.486 e. The molecule has 0 N–H and O–H groups in total. The molecule has 3 rings (SSSR count). The van der Waals surface area contributed by atoms with Crippen molar-refractivity contribution < 1.29 is 23.9 Å². The summed E-state index contributed by atoms with van der Waals surface area (Å²) in [5, 5.41) is 0.633. The number of carbonyl (C=O) groups excluding carboxylic acids is 3. The first kappa shape index (κ1) is 24.9. The van der Waals surface area contributed by atoms with Crippen molar-refractivity contribution in [3.8, 4) is 5.75 Å². The van der Waals surface area contributed by atoms with E-state index in [1.165, 1.54) is 6.08 Å². The zero-order valence-corrected chi connectivity index (χ0v) is 21.2. The second kappa shape index (κ2) is 10.9. The van der Waals surface area contributed by atoms with E-state index in [4.69, 9.17) is 44.3 Å². The minimum atomic E-state index is -0.648. The van der Waals surface area contributed by atoms with Gasteiger partial charge in [-0.1, -0.05) is 40.9 Å². The number of imide groups is 1. The number of amides is 2. The van der Waals surface area contributed by atoms with Gasteiger partial charge in [0, 0.05) is 0 Å². The van der Waals surface area contributed by atoms with Gasteiger partial charge in [0.2, 0.25) is 0 Å². The first-order valence-corrected chi connectivity index (χ1v) is 11.9. The van der Waals surface area contributed by atoms with E-state index in [1.54, 1.807) is 37.3 Å². The van der Waals surface area contributed by atoms with Gasteiger partial charge in [-0.25, -0.2) is 0 Å². The number of thioether (sulfide) groups is 1. The Morgan fingerprint density at radius 2 is 1.88 bits per heavy atom. The van der Waals surface area contributed by atoms with Crippen LogP contribution in [0.5, 0.6) is 5.75 Å². The average molecular weight is 580 g/mol. The highest BCUT2D eigenvalue weighted by Crippen LogP contribution is 2.38. The number of ether oxygens (including phenoxy) is 2. The molecular formula is C21H15BrCl3NO5S. The van der Waals surface area contributed by atoms with E-state index in [2.05, 4.69) is 15.9 Å². The molecule has 1 fully saturated rings. The maximum absolute atomic E-state index is 12.5. The van der Waals surface area contributed by atoms with Crippen molar-refractivity contribution in [2.24, 2.45) is 0 Å². The van der Waals surface area contributed by atoms with Crippen LogP contribution in [0, 0.1) is 0 Å². The number of carbonyl (C=O) groups is 3. The molecule has 1 heterocycles. The Morgan fingerprint density at radius 1 is 1.12 bits per heavy atom. The zero-order chi connectivity index (χ0) is 23.4. The quantitative estimate of drug-likeness (QED) is 0.272. The Labute approximate surface area is 211 Å². The molecule has 0 aliphatic carbocycles. The predicted molar refractivity (Wildman–Crippen MR) is 129 cm³/mol. The van der Waals surface area contributed by atoms with Crippen molar-refractivity contribution in [1.29, 1.82) is 0 Å². The van der Waals surface area contributed by atoms with Crippen molar-refractivity contribution in [1.82, 2.24) is 4.90 Å². The highest BCUT2D eigenvalue weighted by Gasteiger charge is 2.36. The molecule has 0 atom stereocenters. The smallest absolute Gasteiger partial charge is 0.326 e. The van der Waals surface area contributed by atoms with E-state index >= 15 is 0 Å². The van der Waals surface area contributed by atoms with E-state index in [0.29, 0.717) is 30.9 Å². The standard InChI is InChI=1S/C21H15BrCl3NO5S/c1-2-30-18(27)9-26-20(28)17(32-21(26)29)8-12-5-13(22)19(16(25)7-12)31-10-11-3-4-14(23)15(24)6-11/h3-8H,2,9-10H2,1H3/b17-8+. The Morgan fingerprint density at radius 3 is 2.53 bits per heavy atom. The highest BCUT2D eigenvalue weighted by molar-refractivity contribution is 9.10. The summed E-state index contributed by atoms with van der Waals surface area (Å²) >= 11 is 22.5. The summed E-state index contributed by atoms with van der Waals surface area (Å²) in [5.41, 5.74) is 1.38. The van der Waals surface area contributed by atoms with Crippen LogP contribution in [0.4, 0.5) is 4.79 Å². The molecule has 0 saturated carbocycles. The van der Waals surface area contributed by atoms with Crippen LogP contribution >= 0.6 is 62.5 Å². The molecule has 0 aromatic heterocycles. The van der Waals surface area contributed by atoms with Gasteiger partial charge in [0.25, 0.3) is 11.1 Å². The van der Waals surface area contributed by atoms with Gasteiger partial charge in [0.15, 0.2) is 5.75 Å². The third kappa shape index (κ3) is 5.99. The van der Waals surface area contributed by atoms with Crippen LogP contribution in [0.2, 0.25) is 15.1 Å². The van der Waals surface area contributed by atoms with Gasteiger partial charge >= 0.3 is 5.97 Å². The second-order valence-electron chi connectivity index (χ2n) is 6.42. The third-order valence-corrected chi connectivity index (χ3v) is 6.67. The number of halogens is 4. The monoisotopic (exact) mass is 577 g/mol. The van der Waals surface area contributed by atoms with Crippen molar-refractivity contribution in [3.05, 3.63) is 65.9 Å². The van der Waals surface area contributed by atoms with E-state index in [0.717, 1.165) is 22.2 Å². The van der Waals surface area contributed by atoms with Gasteiger partial charge in [0.05, 0.1) is 31.1 Å². The lowest BCUT2D eigenvalue weighted by atomic mass is 10.2. The summed E-state index contributed by atoms with van der Waals surface area (Å²) in [7, 11) is 0. The fourth-order valence-electron chi connectivity index (χ4n) is 2.71. The van der Waals surface area contributed by atoms with Gasteiger partial charge in [-0.2, -0.15) is 0 Å². The molecule has 2 aromatic rings. The van der Waals surface area contributed by atoms with Crippen molar-refractivity contribution in [2.45, 2.75) is 13.5 Å². The SMILES string of the molecule is CCOC(=O)CN1C(=O)S/C(=C/c2cc(Cl)c(OCc3ccc(Cl)c(Cl)c3)c(Br)c2)C1=O. The Balaban J connectivity index is 1.75. The van der Waals surface area contributed by atoms with Crippen molar-refractivity contribution in [2.75, 3.05) is 13.2 Å². The van der Waals surface area contributed by atoms with E-state index < -0.39 is 23.7 Å². The summed E-state index contributed by atoms with van der Waals surface area (Å²) in [6, 6.07) is 8.48. The van der Waals surface area contributed by atoms with Crippen LogP contribution in [-0.4, -0.2) is 35.2 Å². The zero-order valence-electron chi connectivity index (χ0n) is 16.5. The minimum absolute atomic E-state index is 0.164. The number of hydrogen-bond donors (Lipinski definition) is 0. The number of esters is 1. The third-order valence-electron chi connectivity index (χ3n) is 4.15. The molecule has 0 radical (unpaired) electrons. The lowest BCUT2D eigenvalue weighted by Crippen LogP contribution is -2.34. The van der Waals surface area contributed by atoms with E-state index in [9.17, 15) is 14.4 Å². The summed E-state index contributed by atoms with van der Waals surface area (Å²) < 4.78 is 11.2. The van der Waals surface area contributed by atoms with Gasteiger partial charge in [-0.3, -0.25) is 19.3 Å². The van der Waals surface area contributed by atoms with E-state index in [1.807, 2.05) is 0 Å². The molecule has 2 aromatic carbocycles. The van der Waals surface area contributed by atoms with Crippen LogP contribution in [0.1, 0.15) is 18.1 Å². The number of benzene rings is 2. The number of rotatable bonds is 7. The molecule has 0 bridgehead atoms. The lowest BCUT2D eigenvalue weighted by molar-refractivity contribution is -0.145. The van der Waals surface area contributed by atoms with Crippen molar-refractivity contribution in [3.63, 3.8) is 0 Å². The van der Waals surface area contributed by atoms with Crippen molar-refractivity contribution >= 4 is 85.7 Å². The van der Waals surface area contributed by atoms with Crippen LogP contribution in [0.15, 0.2) is 39.7 Å². The van der Waals surface area contributed by atoms with Gasteiger partial charge in [-0.05, 0) is 76.1 Å². The van der Waals surface area contributed by atoms with Crippen LogP contribution in [0.3, 0.4) is 0 Å². The molecule has 32 heavy (non-hydrogen) atoms. The van der Waals surface area contributed by atoms with Crippen LogP contribution in [-0.2, 0) is 20.9 Å². The maximum atomic E-state index is 12.5. The first-order valence-electron chi connectivity index (χ1n) is 9.16. The normalized spacial score (nSPS) is 14.9. The number of hydrogen-bond acceptors (Lipinski definition) is 6. The molecule has 1 aliphatic heterocycles. The Hall–Kier alpha value is -1.71. The minimum Gasteiger partial charge on any atom is -0.486 e. The topological polar surface area (TPSA) is 72.9 Å². The molecule has 6 nitrogen and oxygen atoms in total. The molecule has 2 amide bonds. The molecular weight excluding hydrogens is 565 g/mol. The fraction of sp³-hybridized carbons (Fsp3) is 0.190. The van der Waals surface area contributed by atoms with Gasteiger partial charge < -0.3 is 9.47 Å². The predicted octanol–water partition coefficient (Wildman–Crippen LogP) is 6.59. The summed E-state index contributed by atoms with van der Waals surface area (Å²) in [5.74, 6) is -0.809. The maximum Gasteiger partial charge on any atom is 0.326 e. The summed E-state index contributed by atoms with van der Waals surface area (Å²) in [6.07, 6.45) is 1.52. The summed E-state index contributed by atoms with van der Waals surface area (Å²) in [6.45, 7) is 1.59. The Kier molecular flexibility index (Phi) is 8.52. The number of nitrogens with zero attached hydrogens (tertiary/aromatic N) is 1. The van der Waals surface area contributed by atoms with Gasteiger partial charge in [-0.15, -0.1) is 0 Å². The first-order chi connectivity index (χ1) is 15.2. The second-order valence-corrected chi connectivity index (χ2v) is 9.49.